The van der Waals surface area contributed by atoms with Crippen LogP contribution in [0.1, 0.15) is 15.9 Å². The van der Waals surface area contributed by atoms with Gasteiger partial charge in [0.15, 0.2) is 0 Å². The van der Waals surface area contributed by atoms with E-state index in [0.717, 1.165) is 10.0 Å². The fourth-order valence-corrected chi connectivity index (χ4v) is 2.48. The van der Waals surface area contributed by atoms with Gasteiger partial charge in [-0.3, -0.25) is 9.59 Å². The number of pyridine rings is 1. The van der Waals surface area contributed by atoms with Crippen LogP contribution in [0.15, 0.2) is 47.1 Å². The lowest BCUT2D eigenvalue weighted by molar-refractivity contribution is -0.116. The molecule has 0 saturated heterocycles. The summed E-state index contributed by atoms with van der Waals surface area (Å²) in [6.45, 7) is 0.488. The number of hydrogen-bond donors (Lipinski definition) is 1. The van der Waals surface area contributed by atoms with E-state index in [1.807, 2.05) is 18.2 Å². The Labute approximate surface area is 130 Å². The van der Waals surface area contributed by atoms with E-state index >= 15 is 0 Å². The number of rotatable bonds is 3. The van der Waals surface area contributed by atoms with Gasteiger partial charge in [0.1, 0.15) is 12.4 Å². The Bertz CT molecular complexity index is 700. The van der Waals surface area contributed by atoms with Crippen molar-refractivity contribution in [2.45, 2.75) is 6.54 Å². The number of hydrogen-bond acceptors (Lipinski definition) is 3. The molecule has 0 aliphatic carbocycles. The molecule has 0 fully saturated rings. The summed E-state index contributed by atoms with van der Waals surface area (Å²) in [5.41, 5.74) is 1.63. The van der Waals surface area contributed by atoms with E-state index in [2.05, 4.69) is 26.2 Å². The van der Waals surface area contributed by atoms with E-state index in [9.17, 15) is 9.59 Å². The summed E-state index contributed by atoms with van der Waals surface area (Å²) in [6.07, 6.45) is 1.60. The van der Waals surface area contributed by atoms with Gasteiger partial charge in [-0.15, -0.1) is 0 Å². The van der Waals surface area contributed by atoms with E-state index in [4.69, 9.17) is 0 Å². The standard InChI is InChI=1S/C15H12BrN3O2/c16-11-5-6-13(17-7-11)18-14(20)9-19-8-10-3-1-2-4-12(10)15(19)21/h1-7H,8-9H2,(H,17,18,20). The molecule has 1 aliphatic heterocycles. The van der Waals surface area contributed by atoms with Crippen LogP contribution in [0.5, 0.6) is 0 Å². The van der Waals surface area contributed by atoms with E-state index in [-0.39, 0.29) is 18.4 Å². The molecule has 0 bridgehead atoms. The first-order valence-corrected chi connectivity index (χ1v) is 7.21. The van der Waals surface area contributed by atoms with Gasteiger partial charge in [0.2, 0.25) is 5.91 Å². The monoisotopic (exact) mass is 345 g/mol. The van der Waals surface area contributed by atoms with Crippen molar-refractivity contribution < 1.29 is 9.59 Å². The minimum absolute atomic E-state index is 0.0191. The summed E-state index contributed by atoms with van der Waals surface area (Å²) < 4.78 is 0.839. The number of aromatic nitrogens is 1. The Morgan fingerprint density at radius 1 is 1.29 bits per heavy atom. The minimum atomic E-state index is -0.258. The molecule has 3 rings (SSSR count). The third-order valence-corrected chi connectivity index (χ3v) is 3.69. The average molecular weight is 346 g/mol. The molecule has 1 aromatic carbocycles. The van der Waals surface area contributed by atoms with Gasteiger partial charge < -0.3 is 10.2 Å². The van der Waals surface area contributed by atoms with Gasteiger partial charge in [0.25, 0.3) is 5.91 Å². The van der Waals surface area contributed by atoms with Crippen molar-refractivity contribution in [1.29, 1.82) is 0 Å². The molecule has 1 N–H and O–H groups in total. The third-order valence-electron chi connectivity index (χ3n) is 3.23. The largest absolute Gasteiger partial charge is 0.325 e. The highest BCUT2D eigenvalue weighted by Gasteiger charge is 2.28. The molecule has 2 heterocycles. The Hall–Kier alpha value is -2.21. The van der Waals surface area contributed by atoms with Crippen LogP contribution >= 0.6 is 15.9 Å². The fraction of sp³-hybridized carbons (Fsp3) is 0.133. The second-order valence-electron chi connectivity index (χ2n) is 4.73. The Morgan fingerprint density at radius 3 is 2.81 bits per heavy atom. The Morgan fingerprint density at radius 2 is 2.10 bits per heavy atom. The van der Waals surface area contributed by atoms with Crippen molar-refractivity contribution in [3.63, 3.8) is 0 Å². The molecular formula is C15H12BrN3O2. The van der Waals surface area contributed by atoms with Gasteiger partial charge in [0.05, 0.1) is 0 Å². The summed E-state index contributed by atoms with van der Waals surface area (Å²) in [5, 5.41) is 2.68. The van der Waals surface area contributed by atoms with E-state index in [1.54, 1.807) is 24.4 Å². The Kier molecular flexibility index (Phi) is 3.70. The molecule has 2 amide bonds. The van der Waals surface area contributed by atoms with E-state index in [1.165, 1.54) is 4.90 Å². The number of nitrogens with zero attached hydrogens (tertiary/aromatic N) is 2. The molecule has 0 saturated carbocycles. The molecule has 21 heavy (non-hydrogen) atoms. The van der Waals surface area contributed by atoms with Gasteiger partial charge in [-0.1, -0.05) is 18.2 Å². The highest BCUT2D eigenvalue weighted by Crippen LogP contribution is 2.21. The van der Waals surface area contributed by atoms with Crippen molar-refractivity contribution in [3.05, 3.63) is 58.2 Å². The van der Waals surface area contributed by atoms with Crippen LogP contribution < -0.4 is 5.32 Å². The SMILES string of the molecule is O=C(CN1Cc2ccccc2C1=O)Nc1ccc(Br)cn1. The van der Waals surface area contributed by atoms with Crippen molar-refractivity contribution in [2.75, 3.05) is 11.9 Å². The third kappa shape index (κ3) is 2.95. The van der Waals surface area contributed by atoms with Crippen molar-refractivity contribution in [1.82, 2.24) is 9.88 Å². The molecule has 5 nitrogen and oxygen atoms in total. The van der Waals surface area contributed by atoms with E-state index < -0.39 is 0 Å². The number of benzene rings is 1. The smallest absolute Gasteiger partial charge is 0.254 e. The van der Waals surface area contributed by atoms with Crippen LogP contribution in [0.4, 0.5) is 5.82 Å². The molecule has 0 atom stereocenters. The molecule has 1 aromatic heterocycles. The maximum Gasteiger partial charge on any atom is 0.254 e. The first-order chi connectivity index (χ1) is 10.1. The fourth-order valence-electron chi connectivity index (χ4n) is 2.25. The van der Waals surface area contributed by atoms with Crippen LogP contribution in [-0.2, 0) is 11.3 Å². The van der Waals surface area contributed by atoms with Crippen molar-refractivity contribution >= 4 is 33.6 Å². The molecule has 1 aliphatic rings. The molecule has 6 heteroatoms. The van der Waals surface area contributed by atoms with Crippen molar-refractivity contribution in [3.8, 4) is 0 Å². The maximum absolute atomic E-state index is 12.2. The van der Waals surface area contributed by atoms with Crippen molar-refractivity contribution in [2.24, 2.45) is 0 Å². The summed E-state index contributed by atoms with van der Waals surface area (Å²) >= 11 is 3.28. The lowest BCUT2D eigenvalue weighted by Gasteiger charge is -2.14. The predicted octanol–water partition coefficient (Wildman–Crippen LogP) is 2.44. The Balaban J connectivity index is 1.64. The molecule has 0 radical (unpaired) electrons. The quantitative estimate of drug-likeness (QED) is 0.929. The van der Waals surface area contributed by atoms with Gasteiger partial charge in [0, 0.05) is 22.8 Å². The molecule has 2 aromatic rings. The van der Waals surface area contributed by atoms with E-state index in [0.29, 0.717) is 17.9 Å². The predicted molar refractivity (Wildman–Crippen MR) is 81.7 cm³/mol. The minimum Gasteiger partial charge on any atom is -0.325 e. The van der Waals surface area contributed by atoms with Crippen LogP contribution in [-0.4, -0.2) is 28.2 Å². The molecule has 106 valence electrons. The highest BCUT2D eigenvalue weighted by molar-refractivity contribution is 9.10. The van der Waals surface area contributed by atoms with Crippen LogP contribution in [0.25, 0.3) is 0 Å². The second kappa shape index (κ2) is 5.65. The molecule has 0 unspecified atom stereocenters. The number of nitrogens with one attached hydrogen (secondary N) is 1. The number of fused-ring (bicyclic) bond motifs is 1. The second-order valence-corrected chi connectivity index (χ2v) is 5.64. The summed E-state index contributed by atoms with van der Waals surface area (Å²) in [4.78, 5) is 29.7. The van der Waals surface area contributed by atoms with Crippen LogP contribution in [0.3, 0.4) is 0 Å². The number of carbonyl (C=O) groups is 2. The maximum atomic E-state index is 12.2. The summed E-state index contributed by atoms with van der Waals surface area (Å²) in [7, 11) is 0. The molecular weight excluding hydrogens is 334 g/mol. The number of carbonyl (C=O) groups excluding carboxylic acids is 2. The van der Waals surface area contributed by atoms with Crippen LogP contribution in [0.2, 0.25) is 0 Å². The first kappa shape index (κ1) is 13.8. The normalized spacial score (nSPS) is 13.2. The van der Waals surface area contributed by atoms with Gasteiger partial charge in [-0.25, -0.2) is 4.98 Å². The van der Waals surface area contributed by atoms with Gasteiger partial charge >= 0.3 is 0 Å². The summed E-state index contributed by atoms with van der Waals surface area (Å²) in [6, 6.07) is 10.9. The first-order valence-electron chi connectivity index (χ1n) is 6.42. The lowest BCUT2D eigenvalue weighted by atomic mass is 10.1. The number of anilines is 1. The van der Waals surface area contributed by atoms with Gasteiger partial charge in [-0.05, 0) is 39.7 Å². The lowest BCUT2D eigenvalue weighted by Crippen LogP contribution is -2.33. The zero-order valence-electron chi connectivity index (χ0n) is 11.0. The topological polar surface area (TPSA) is 62.3 Å². The number of halogens is 1. The molecule has 0 spiro atoms. The van der Waals surface area contributed by atoms with Gasteiger partial charge in [-0.2, -0.15) is 0 Å². The van der Waals surface area contributed by atoms with Crippen LogP contribution in [0, 0.1) is 0 Å². The highest BCUT2D eigenvalue weighted by atomic mass is 79.9. The number of amides is 2. The zero-order valence-corrected chi connectivity index (χ0v) is 12.6. The average Bonchev–Trinajstić information content (AvgIpc) is 2.78. The zero-order chi connectivity index (χ0) is 14.8. The summed E-state index contributed by atoms with van der Waals surface area (Å²) in [5.74, 6) is 0.0999.